The van der Waals surface area contributed by atoms with E-state index in [0.717, 1.165) is 13.5 Å². The molecule has 0 radical (unpaired) electrons. The van der Waals surface area contributed by atoms with Crippen LogP contribution in [-0.4, -0.2) is 67.2 Å². The molecule has 14 heteroatoms. The average Bonchev–Trinajstić information content (AvgIpc) is 3.20. The predicted octanol–water partition coefficient (Wildman–Crippen LogP) is 3.15. The van der Waals surface area contributed by atoms with Crippen molar-refractivity contribution in [2.45, 2.75) is 43.4 Å². The van der Waals surface area contributed by atoms with Crippen LogP contribution in [0.4, 0.5) is 35.1 Å². The van der Waals surface area contributed by atoms with E-state index in [9.17, 15) is 39.9 Å². The quantitative estimate of drug-likeness (QED) is 0.598. The zero-order chi connectivity index (χ0) is 23.6. The summed E-state index contributed by atoms with van der Waals surface area (Å²) in [6.45, 7) is -2.03. The number of pyridine rings is 1. The SMILES string of the molecule is COc1nc(OCC(F)(F)C(F)(F)C(F)(F)F)c(F)cc1CN(C)C(=O)C1CCCN1. The van der Waals surface area contributed by atoms with Gasteiger partial charge in [0.05, 0.1) is 19.7 Å². The summed E-state index contributed by atoms with van der Waals surface area (Å²) in [4.78, 5) is 17.0. The van der Waals surface area contributed by atoms with Gasteiger partial charge in [0.15, 0.2) is 12.4 Å². The molecule has 6 nitrogen and oxygen atoms in total. The molecule has 0 aliphatic carbocycles. The number of aromatic nitrogens is 1. The smallest absolute Gasteiger partial charge is 0.460 e. The van der Waals surface area contributed by atoms with Gasteiger partial charge in [0.2, 0.25) is 11.8 Å². The first kappa shape index (κ1) is 24.9. The molecule has 0 spiro atoms. The Morgan fingerprint density at radius 3 is 2.39 bits per heavy atom. The molecule has 2 heterocycles. The Labute approximate surface area is 171 Å². The normalized spacial score (nSPS) is 17.5. The van der Waals surface area contributed by atoms with Gasteiger partial charge in [0.1, 0.15) is 0 Å². The van der Waals surface area contributed by atoms with Gasteiger partial charge in [-0.25, -0.2) is 4.39 Å². The van der Waals surface area contributed by atoms with Crippen molar-refractivity contribution in [3.8, 4) is 11.8 Å². The average molecular weight is 465 g/mol. The number of carbonyl (C=O) groups is 1. The van der Waals surface area contributed by atoms with Crippen LogP contribution in [0.2, 0.25) is 0 Å². The fourth-order valence-corrected chi connectivity index (χ4v) is 2.84. The standard InChI is InChI=1S/C17H19F8N3O3/c1-28(14(29)11-4-3-5-26-11)7-9-6-10(18)13(27-12(9)30-2)31-8-15(19,20)16(21,22)17(23,24)25/h6,11,26H,3-5,7-8H2,1-2H3. The van der Waals surface area contributed by atoms with Gasteiger partial charge in [-0.2, -0.15) is 35.7 Å². The summed E-state index contributed by atoms with van der Waals surface area (Å²) in [6.07, 6.45) is -5.14. The number of nitrogens with one attached hydrogen (secondary N) is 1. The van der Waals surface area contributed by atoms with E-state index in [0.29, 0.717) is 19.0 Å². The zero-order valence-electron chi connectivity index (χ0n) is 16.3. The molecule has 0 aromatic carbocycles. The molecule has 0 bridgehead atoms. The molecule has 2 rings (SSSR count). The number of ether oxygens (including phenoxy) is 2. The predicted molar refractivity (Wildman–Crippen MR) is 89.7 cm³/mol. The molecule has 1 N–H and O–H groups in total. The number of carbonyl (C=O) groups excluding carboxylic acids is 1. The van der Waals surface area contributed by atoms with Gasteiger partial charge in [0.25, 0.3) is 5.88 Å². The van der Waals surface area contributed by atoms with Crippen LogP contribution in [0.15, 0.2) is 6.07 Å². The monoisotopic (exact) mass is 465 g/mol. The maximum atomic E-state index is 14.2. The van der Waals surface area contributed by atoms with E-state index < -0.39 is 42.4 Å². The lowest BCUT2D eigenvalue weighted by Crippen LogP contribution is -2.54. The van der Waals surface area contributed by atoms with E-state index in [-0.39, 0.29) is 23.9 Å². The van der Waals surface area contributed by atoms with Gasteiger partial charge in [0, 0.05) is 12.6 Å². The number of hydrogen-bond acceptors (Lipinski definition) is 5. The second-order valence-corrected chi connectivity index (χ2v) is 6.85. The number of halogens is 8. The molecule has 1 amide bonds. The van der Waals surface area contributed by atoms with Crippen LogP contribution < -0.4 is 14.8 Å². The Balaban J connectivity index is 2.16. The molecule has 1 aliphatic heterocycles. The van der Waals surface area contributed by atoms with E-state index in [1.807, 2.05) is 0 Å². The Morgan fingerprint density at radius 2 is 1.87 bits per heavy atom. The minimum atomic E-state index is -6.54. The highest BCUT2D eigenvalue weighted by atomic mass is 19.4. The maximum absolute atomic E-state index is 14.2. The van der Waals surface area contributed by atoms with E-state index in [1.54, 1.807) is 0 Å². The number of nitrogens with zero attached hydrogens (tertiary/aromatic N) is 2. The van der Waals surface area contributed by atoms with Crippen LogP contribution in [0.5, 0.6) is 11.8 Å². The molecule has 1 fully saturated rings. The summed E-state index contributed by atoms with van der Waals surface area (Å²) in [5, 5.41) is 2.98. The number of amides is 1. The fraction of sp³-hybridized carbons (Fsp3) is 0.647. The highest BCUT2D eigenvalue weighted by molar-refractivity contribution is 5.82. The van der Waals surface area contributed by atoms with Crippen molar-refractivity contribution in [2.75, 3.05) is 27.3 Å². The highest BCUT2D eigenvalue weighted by Gasteiger charge is 2.73. The van der Waals surface area contributed by atoms with E-state index in [1.165, 1.54) is 11.9 Å². The van der Waals surface area contributed by atoms with Gasteiger partial charge in [-0.05, 0) is 25.5 Å². The Kier molecular flexibility index (Phi) is 7.23. The molecule has 1 aromatic rings. The number of rotatable bonds is 8. The van der Waals surface area contributed by atoms with Crippen molar-refractivity contribution in [1.29, 1.82) is 0 Å². The summed E-state index contributed by atoms with van der Waals surface area (Å²) < 4.78 is 112. The third-order valence-electron chi connectivity index (χ3n) is 4.52. The van der Waals surface area contributed by atoms with Gasteiger partial charge in [-0.1, -0.05) is 0 Å². The second kappa shape index (κ2) is 9.01. The summed E-state index contributed by atoms with van der Waals surface area (Å²) in [5.41, 5.74) is -0.00595. The lowest BCUT2D eigenvalue weighted by atomic mass is 10.1. The van der Waals surface area contributed by atoms with Crippen molar-refractivity contribution in [3.05, 3.63) is 17.4 Å². The molecule has 1 unspecified atom stereocenters. The van der Waals surface area contributed by atoms with Crippen molar-refractivity contribution in [3.63, 3.8) is 0 Å². The maximum Gasteiger partial charge on any atom is 0.460 e. The summed E-state index contributed by atoms with van der Waals surface area (Å²) in [7, 11) is 2.49. The molecule has 1 aromatic heterocycles. The molecular formula is C17H19F8N3O3. The van der Waals surface area contributed by atoms with Crippen molar-refractivity contribution in [2.24, 2.45) is 0 Å². The van der Waals surface area contributed by atoms with Gasteiger partial charge in [-0.3, -0.25) is 4.79 Å². The molecule has 0 saturated carbocycles. The number of alkyl halides is 7. The topological polar surface area (TPSA) is 63.7 Å². The largest absolute Gasteiger partial charge is 0.481 e. The van der Waals surface area contributed by atoms with Crippen molar-refractivity contribution >= 4 is 5.91 Å². The molecular weight excluding hydrogens is 446 g/mol. The van der Waals surface area contributed by atoms with Crippen LogP contribution in [0.1, 0.15) is 18.4 Å². The van der Waals surface area contributed by atoms with Crippen molar-refractivity contribution < 1.29 is 49.4 Å². The van der Waals surface area contributed by atoms with Gasteiger partial charge >= 0.3 is 18.0 Å². The van der Waals surface area contributed by atoms with Crippen LogP contribution in [-0.2, 0) is 11.3 Å². The third kappa shape index (κ3) is 5.28. The van der Waals surface area contributed by atoms with E-state index in [2.05, 4.69) is 15.0 Å². The minimum absolute atomic E-state index is 0.00595. The zero-order valence-corrected chi connectivity index (χ0v) is 16.3. The van der Waals surface area contributed by atoms with Crippen LogP contribution in [0.3, 0.4) is 0 Å². The first-order valence-corrected chi connectivity index (χ1v) is 8.88. The number of likely N-dealkylation sites (N-methyl/N-ethyl adjacent to an activating group) is 1. The summed E-state index contributed by atoms with van der Waals surface area (Å²) in [6, 6.07) is 0.279. The molecule has 31 heavy (non-hydrogen) atoms. The van der Waals surface area contributed by atoms with Crippen LogP contribution in [0.25, 0.3) is 0 Å². The van der Waals surface area contributed by atoms with Crippen molar-refractivity contribution in [1.82, 2.24) is 15.2 Å². The third-order valence-corrected chi connectivity index (χ3v) is 4.52. The first-order chi connectivity index (χ1) is 14.2. The van der Waals surface area contributed by atoms with E-state index >= 15 is 0 Å². The van der Waals surface area contributed by atoms with E-state index in [4.69, 9.17) is 4.74 Å². The highest BCUT2D eigenvalue weighted by Crippen LogP contribution is 2.46. The van der Waals surface area contributed by atoms with Gasteiger partial charge < -0.3 is 19.7 Å². The first-order valence-electron chi connectivity index (χ1n) is 8.88. The minimum Gasteiger partial charge on any atom is -0.481 e. The Hall–Kier alpha value is -2.38. The Bertz CT molecular complexity index is 798. The molecule has 1 atom stereocenters. The van der Waals surface area contributed by atoms with Crippen LogP contribution in [0, 0.1) is 5.82 Å². The summed E-state index contributed by atoms with van der Waals surface area (Å²) in [5.74, 6) is -15.5. The van der Waals surface area contributed by atoms with Gasteiger partial charge in [-0.15, -0.1) is 0 Å². The fourth-order valence-electron chi connectivity index (χ4n) is 2.84. The van der Waals surface area contributed by atoms with Crippen LogP contribution >= 0.6 is 0 Å². The second-order valence-electron chi connectivity index (χ2n) is 6.85. The molecule has 176 valence electrons. The lowest BCUT2D eigenvalue weighted by Gasteiger charge is -2.28. The Morgan fingerprint density at radius 1 is 1.23 bits per heavy atom. The summed E-state index contributed by atoms with van der Waals surface area (Å²) >= 11 is 0. The number of methoxy groups -OCH3 is 1. The molecule has 1 aliphatic rings. The number of hydrogen-bond donors (Lipinski definition) is 1. The molecule has 1 saturated heterocycles. The lowest BCUT2D eigenvalue weighted by molar-refractivity contribution is -0.358.